The molecule has 8 heteroatoms. The fourth-order valence-corrected chi connectivity index (χ4v) is 4.82. The molecule has 1 aromatic rings. The van der Waals surface area contributed by atoms with Gasteiger partial charge in [0.2, 0.25) is 10.0 Å². The molecule has 0 aliphatic carbocycles. The minimum Gasteiger partial charge on any atom is -0.398 e. The molecule has 0 spiro atoms. The first-order valence-corrected chi connectivity index (χ1v) is 8.31. The molecule has 1 aromatic carbocycles. The van der Waals surface area contributed by atoms with Crippen LogP contribution in [0.2, 0.25) is 10.0 Å². The van der Waals surface area contributed by atoms with Gasteiger partial charge in [0, 0.05) is 17.6 Å². The Labute approximate surface area is 128 Å². The van der Waals surface area contributed by atoms with Gasteiger partial charge in [-0.1, -0.05) is 23.2 Å². The first kappa shape index (κ1) is 15.9. The van der Waals surface area contributed by atoms with Crippen LogP contribution in [0.15, 0.2) is 17.0 Å². The van der Waals surface area contributed by atoms with Crippen LogP contribution in [0.25, 0.3) is 0 Å². The van der Waals surface area contributed by atoms with Gasteiger partial charge in [-0.25, -0.2) is 8.42 Å². The second-order valence-corrected chi connectivity index (χ2v) is 7.54. The van der Waals surface area contributed by atoms with Crippen molar-refractivity contribution < 1.29 is 13.2 Å². The Morgan fingerprint density at radius 1 is 1.35 bits per heavy atom. The summed E-state index contributed by atoms with van der Waals surface area (Å²) in [7, 11) is -3.78. The van der Waals surface area contributed by atoms with Crippen molar-refractivity contribution in [2.75, 3.05) is 18.9 Å². The molecule has 0 amide bonds. The van der Waals surface area contributed by atoms with Crippen LogP contribution in [0.4, 0.5) is 5.69 Å². The molecule has 2 rings (SSSR count). The van der Waals surface area contributed by atoms with E-state index in [0.29, 0.717) is 11.6 Å². The van der Waals surface area contributed by atoms with E-state index in [4.69, 9.17) is 33.7 Å². The molecule has 2 atom stereocenters. The molecule has 2 unspecified atom stereocenters. The Hall–Kier alpha value is -0.530. The fourth-order valence-electron chi connectivity index (χ4n) is 2.18. The Morgan fingerprint density at radius 2 is 2.00 bits per heavy atom. The third-order valence-corrected chi connectivity index (χ3v) is 5.88. The second kappa shape index (κ2) is 5.69. The zero-order chi connectivity index (χ0) is 15.1. The van der Waals surface area contributed by atoms with Crippen molar-refractivity contribution in [3.63, 3.8) is 0 Å². The van der Waals surface area contributed by atoms with Gasteiger partial charge in [0.05, 0.1) is 23.4 Å². The molecule has 0 aromatic heterocycles. The van der Waals surface area contributed by atoms with Gasteiger partial charge in [-0.05, 0) is 26.0 Å². The molecule has 1 heterocycles. The lowest BCUT2D eigenvalue weighted by molar-refractivity contribution is -0.0170. The highest BCUT2D eigenvalue weighted by Crippen LogP contribution is 2.34. The van der Waals surface area contributed by atoms with E-state index in [0.717, 1.165) is 0 Å². The number of morpholine rings is 1. The number of nitrogens with zero attached hydrogens (tertiary/aromatic N) is 1. The summed E-state index contributed by atoms with van der Waals surface area (Å²) >= 11 is 11.8. The molecule has 20 heavy (non-hydrogen) atoms. The number of ether oxygens (including phenoxy) is 1. The summed E-state index contributed by atoms with van der Waals surface area (Å²) in [6.07, 6.45) is -0.173. The molecule has 2 N–H and O–H groups in total. The van der Waals surface area contributed by atoms with E-state index < -0.39 is 10.0 Å². The molecule has 0 bridgehead atoms. The zero-order valence-electron chi connectivity index (χ0n) is 11.1. The van der Waals surface area contributed by atoms with Crippen LogP contribution in [0.3, 0.4) is 0 Å². The fraction of sp³-hybridized carbons (Fsp3) is 0.500. The van der Waals surface area contributed by atoms with Crippen molar-refractivity contribution in [1.82, 2.24) is 4.31 Å². The highest BCUT2D eigenvalue weighted by Gasteiger charge is 2.36. The smallest absolute Gasteiger partial charge is 0.247 e. The minimum absolute atomic E-state index is 0.0290. The molecule has 1 saturated heterocycles. The van der Waals surface area contributed by atoms with Gasteiger partial charge in [-0.3, -0.25) is 0 Å². The highest BCUT2D eigenvalue weighted by molar-refractivity contribution is 7.89. The van der Waals surface area contributed by atoms with Crippen molar-refractivity contribution in [2.45, 2.75) is 30.9 Å². The van der Waals surface area contributed by atoms with E-state index in [1.165, 1.54) is 16.4 Å². The Bertz CT molecular complexity index is 598. The van der Waals surface area contributed by atoms with E-state index in [1.807, 2.05) is 6.92 Å². The van der Waals surface area contributed by atoms with Gasteiger partial charge in [0.15, 0.2) is 0 Å². The van der Waals surface area contributed by atoms with E-state index in [2.05, 4.69) is 0 Å². The maximum Gasteiger partial charge on any atom is 0.247 e. The predicted octanol–water partition coefficient (Wildman–Crippen LogP) is 2.37. The van der Waals surface area contributed by atoms with E-state index in [9.17, 15) is 8.42 Å². The maximum atomic E-state index is 12.8. The zero-order valence-corrected chi connectivity index (χ0v) is 13.5. The Morgan fingerprint density at radius 3 is 2.60 bits per heavy atom. The van der Waals surface area contributed by atoms with Crippen molar-refractivity contribution in [1.29, 1.82) is 0 Å². The van der Waals surface area contributed by atoms with Crippen LogP contribution in [0.5, 0.6) is 0 Å². The van der Waals surface area contributed by atoms with E-state index in [1.54, 1.807) is 6.92 Å². The van der Waals surface area contributed by atoms with Crippen LogP contribution in [0.1, 0.15) is 13.8 Å². The van der Waals surface area contributed by atoms with Crippen LogP contribution in [0, 0.1) is 0 Å². The monoisotopic (exact) mass is 338 g/mol. The van der Waals surface area contributed by atoms with Gasteiger partial charge in [0.25, 0.3) is 0 Å². The van der Waals surface area contributed by atoms with Crippen LogP contribution in [-0.4, -0.2) is 38.0 Å². The minimum atomic E-state index is -3.78. The third-order valence-electron chi connectivity index (χ3n) is 3.15. The number of sulfonamides is 1. The largest absolute Gasteiger partial charge is 0.398 e. The number of rotatable bonds is 2. The number of halogens is 2. The predicted molar refractivity (Wildman–Crippen MR) is 79.6 cm³/mol. The molecule has 112 valence electrons. The summed E-state index contributed by atoms with van der Waals surface area (Å²) in [5.41, 5.74) is 5.84. The summed E-state index contributed by atoms with van der Waals surface area (Å²) in [4.78, 5) is -0.0930. The lowest BCUT2D eigenvalue weighted by Gasteiger charge is -2.36. The topological polar surface area (TPSA) is 72.6 Å². The first-order valence-electron chi connectivity index (χ1n) is 6.11. The van der Waals surface area contributed by atoms with Crippen LogP contribution >= 0.6 is 23.2 Å². The van der Waals surface area contributed by atoms with Crippen molar-refractivity contribution in [2.24, 2.45) is 0 Å². The molecule has 1 fully saturated rings. The molecular formula is C12H16Cl2N2O3S. The summed E-state index contributed by atoms with van der Waals surface area (Å²) < 4.78 is 32.3. The summed E-state index contributed by atoms with van der Waals surface area (Å²) in [6.45, 7) is 4.21. The standard InChI is InChI=1S/C12H16Cl2N2O3S/c1-7-6-19-8(2)5-16(7)20(17,18)12-10(14)3-9(13)4-11(12)15/h3-4,7-8H,5-6,15H2,1-2H3. The van der Waals surface area contributed by atoms with E-state index >= 15 is 0 Å². The summed E-state index contributed by atoms with van der Waals surface area (Å²) in [5.74, 6) is 0. The quantitative estimate of drug-likeness (QED) is 0.840. The second-order valence-electron chi connectivity index (χ2n) is 4.87. The molecule has 0 saturated carbocycles. The number of nitrogen functional groups attached to an aromatic ring is 1. The number of anilines is 1. The molecule has 1 aliphatic heterocycles. The number of benzene rings is 1. The van der Waals surface area contributed by atoms with Crippen molar-refractivity contribution in [3.05, 3.63) is 22.2 Å². The van der Waals surface area contributed by atoms with Gasteiger partial charge in [-0.2, -0.15) is 4.31 Å². The third kappa shape index (κ3) is 2.89. The van der Waals surface area contributed by atoms with Crippen molar-refractivity contribution >= 4 is 38.9 Å². The molecule has 5 nitrogen and oxygen atoms in total. The number of hydrogen-bond donors (Lipinski definition) is 1. The average Bonchev–Trinajstić information content (AvgIpc) is 2.30. The van der Waals surface area contributed by atoms with E-state index in [-0.39, 0.29) is 34.3 Å². The van der Waals surface area contributed by atoms with Crippen molar-refractivity contribution in [3.8, 4) is 0 Å². The normalized spacial score (nSPS) is 24.8. The van der Waals surface area contributed by atoms with Gasteiger partial charge in [0.1, 0.15) is 4.90 Å². The van der Waals surface area contributed by atoms with Crippen LogP contribution in [-0.2, 0) is 14.8 Å². The Balaban J connectivity index is 2.50. The maximum absolute atomic E-state index is 12.8. The Kier molecular flexibility index (Phi) is 4.51. The number of hydrogen-bond acceptors (Lipinski definition) is 4. The SMILES string of the molecule is CC1CN(S(=O)(=O)c2c(N)cc(Cl)cc2Cl)C(C)CO1. The van der Waals surface area contributed by atoms with Gasteiger partial charge >= 0.3 is 0 Å². The average molecular weight is 339 g/mol. The molecule has 0 radical (unpaired) electrons. The van der Waals surface area contributed by atoms with Gasteiger partial charge in [-0.15, -0.1) is 0 Å². The van der Waals surface area contributed by atoms with Gasteiger partial charge < -0.3 is 10.5 Å². The first-order chi connectivity index (χ1) is 9.23. The molecular weight excluding hydrogens is 323 g/mol. The lowest BCUT2D eigenvalue weighted by atomic mass is 10.2. The number of nitrogens with two attached hydrogens (primary N) is 1. The highest BCUT2D eigenvalue weighted by atomic mass is 35.5. The summed E-state index contributed by atoms with van der Waals surface area (Å²) in [5, 5.41) is 0.330. The lowest BCUT2D eigenvalue weighted by Crippen LogP contribution is -2.50. The molecule has 1 aliphatic rings. The van der Waals surface area contributed by atoms with Crippen LogP contribution < -0.4 is 5.73 Å². The summed E-state index contributed by atoms with van der Waals surface area (Å²) in [6, 6.07) is 2.48.